The van der Waals surface area contributed by atoms with Gasteiger partial charge in [0.1, 0.15) is 11.6 Å². The zero-order valence-electron chi connectivity index (χ0n) is 16.2. The van der Waals surface area contributed by atoms with Gasteiger partial charge in [0.25, 0.3) is 5.91 Å². The van der Waals surface area contributed by atoms with Gasteiger partial charge in [0.2, 0.25) is 0 Å². The number of carbonyl (C=O) groups is 2. The molecule has 0 heterocycles. The molecular formula is C23H22FNO4. The molecule has 0 radical (unpaired) electrons. The molecule has 3 rings (SSSR count). The van der Waals surface area contributed by atoms with Crippen molar-refractivity contribution in [2.75, 3.05) is 6.61 Å². The van der Waals surface area contributed by atoms with Crippen LogP contribution in [0.3, 0.4) is 0 Å². The minimum absolute atomic E-state index is 0.306. The molecule has 1 amide bonds. The van der Waals surface area contributed by atoms with Crippen molar-refractivity contribution >= 4 is 22.6 Å². The molecule has 0 unspecified atom stereocenters. The van der Waals surface area contributed by atoms with Crippen molar-refractivity contribution in [3.05, 3.63) is 78.1 Å². The third-order valence-corrected chi connectivity index (χ3v) is 4.50. The van der Waals surface area contributed by atoms with Crippen LogP contribution in [0, 0.1) is 5.82 Å². The molecule has 0 aliphatic rings. The van der Waals surface area contributed by atoms with Crippen LogP contribution in [0.15, 0.2) is 66.7 Å². The van der Waals surface area contributed by atoms with Crippen LogP contribution in [-0.2, 0) is 14.3 Å². The molecule has 0 aliphatic heterocycles. The van der Waals surface area contributed by atoms with Crippen molar-refractivity contribution in [2.45, 2.75) is 26.0 Å². The second-order valence-corrected chi connectivity index (χ2v) is 6.68. The largest absolute Gasteiger partial charge is 0.481 e. The molecule has 0 bridgehead atoms. The Balaban J connectivity index is 1.51. The van der Waals surface area contributed by atoms with Crippen LogP contribution < -0.4 is 10.1 Å². The molecule has 0 aliphatic carbocycles. The number of nitrogens with one attached hydrogen (secondary N) is 1. The first-order valence-electron chi connectivity index (χ1n) is 9.30. The minimum atomic E-state index is -0.985. The molecule has 5 nitrogen and oxygen atoms in total. The van der Waals surface area contributed by atoms with E-state index in [4.69, 9.17) is 9.47 Å². The molecule has 6 heteroatoms. The highest BCUT2D eigenvalue weighted by molar-refractivity contribution is 5.88. The van der Waals surface area contributed by atoms with Crippen molar-refractivity contribution in [3.8, 4) is 5.75 Å². The number of ether oxygens (including phenoxy) is 2. The number of fused-ring (bicyclic) bond motifs is 1. The van der Waals surface area contributed by atoms with Crippen LogP contribution in [0.5, 0.6) is 5.75 Å². The third kappa shape index (κ3) is 5.31. The standard InChI is InChI=1S/C23H22FNO4/c1-15(17-10-12-19(24)13-11-17)25-23(27)16(2)29-22(26)14-28-21-9-5-7-18-6-3-4-8-20(18)21/h3-13,15-16H,14H2,1-2H3,(H,25,27)/t15-,16-/m0/s1. The number of benzene rings is 3. The van der Waals surface area contributed by atoms with E-state index in [1.807, 2.05) is 36.4 Å². The quantitative estimate of drug-likeness (QED) is 0.610. The molecule has 0 saturated carbocycles. The predicted molar refractivity (Wildman–Crippen MR) is 108 cm³/mol. The first kappa shape index (κ1) is 20.3. The zero-order chi connectivity index (χ0) is 20.8. The second-order valence-electron chi connectivity index (χ2n) is 6.68. The van der Waals surface area contributed by atoms with Gasteiger partial charge >= 0.3 is 5.97 Å². The summed E-state index contributed by atoms with van der Waals surface area (Å²) in [4.78, 5) is 24.4. The minimum Gasteiger partial charge on any atom is -0.481 e. The van der Waals surface area contributed by atoms with Crippen molar-refractivity contribution < 1.29 is 23.5 Å². The van der Waals surface area contributed by atoms with E-state index in [-0.39, 0.29) is 18.5 Å². The summed E-state index contributed by atoms with van der Waals surface area (Å²) in [5.74, 6) is -0.863. The van der Waals surface area contributed by atoms with Crippen molar-refractivity contribution in [3.63, 3.8) is 0 Å². The van der Waals surface area contributed by atoms with E-state index < -0.39 is 18.0 Å². The average Bonchev–Trinajstić information content (AvgIpc) is 2.72. The van der Waals surface area contributed by atoms with Crippen molar-refractivity contribution in [2.24, 2.45) is 0 Å². The van der Waals surface area contributed by atoms with E-state index in [2.05, 4.69) is 5.32 Å². The molecule has 0 spiro atoms. The molecule has 0 fully saturated rings. The van der Waals surface area contributed by atoms with E-state index in [1.54, 1.807) is 25.1 Å². The lowest BCUT2D eigenvalue weighted by Crippen LogP contribution is -2.38. The van der Waals surface area contributed by atoms with Gasteiger partial charge in [-0.3, -0.25) is 4.79 Å². The van der Waals surface area contributed by atoms with E-state index in [1.165, 1.54) is 19.1 Å². The van der Waals surface area contributed by atoms with E-state index >= 15 is 0 Å². The molecule has 0 aromatic heterocycles. The summed E-state index contributed by atoms with van der Waals surface area (Å²) in [7, 11) is 0. The molecule has 3 aromatic carbocycles. The molecular weight excluding hydrogens is 373 g/mol. The fourth-order valence-electron chi connectivity index (χ4n) is 2.91. The smallest absolute Gasteiger partial charge is 0.344 e. The Labute approximate surface area is 168 Å². The number of hydrogen-bond donors (Lipinski definition) is 1. The Bertz CT molecular complexity index is 998. The van der Waals surface area contributed by atoms with Gasteiger partial charge in [0, 0.05) is 5.39 Å². The maximum absolute atomic E-state index is 13.0. The highest BCUT2D eigenvalue weighted by Crippen LogP contribution is 2.25. The second kappa shape index (κ2) is 9.19. The van der Waals surface area contributed by atoms with Crippen LogP contribution >= 0.6 is 0 Å². The van der Waals surface area contributed by atoms with Gasteiger partial charge in [0.05, 0.1) is 6.04 Å². The molecule has 29 heavy (non-hydrogen) atoms. The number of esters is 1. The normalized spacial score (nSPS) is 12.8. The lowest BCUT2D eigenvalue weighted by molar-refractivity contribution is -0.156. The Morgan fingerprint density at radius 3 is 2.41 bits per heavy atom. The van der Waals surface area contributed by atoms with Gasteiger partial charge < -0.3 is 14.8 Å². The summed E-state index contributed by atoms with van der Waals surface area (Å²) in [6.45, 7) is 2.95. The average molecular weight is 395 g/mol. The fraction of sp³-hybridized carbons (Fsp3) is 0.217. The Hall–Kier alpha value is -3.41. The lowest BCUT2D eigenvalue weighted by Gasteiger charge is -2.18. The first-order chi connectivity index (χ1) is 13.9. The van der Waals surface area contributed by atoms with Crippen LogP contribution in [0.25, 0.3) is 10.8 Å². The number of carbonyl (C=O) groups excluding carboxylic acids is 2. The van der Waals surface area contributed by atoms with Crippen LogP contribution in [0.1, 0.15) is 25.5 Å². The topological polar surface area (TPSA) is 64.6 Å². The molecule has 0 saturated heterocycles. The van der Waals surface area contributed by atoms with Crippen LogP contribution in [-0.4, -0.2) is 24.6 Å². The van der Waals surface area contributed by atoms with Gasteiger partial charge in [-0.05, 0) is 43.0 Å². The van der Waals surface area contributed by atoms with E-state index in [0.29, 0.717) is 5.75 Å². The van der Waals surface area contributed by atoms with E-state index in [9.17, 15) is 14.0 Å². The van der Waals surface area contributed by atoms with Gasteiger partial charge in [-0.25, -0.2) is 9.18 Å². The maximum Gasteiger partial charge on any atom is 0.344 e. The van der Waals surface area contributed by atoms with Crippen LogP contribution in [0.2, 0.25) is 0 Å². The number of rotatable bonds is 7. The summed E-state index contributed by atoms with van der Waals surface area (Å²) in [6, 6.07) is 18.7. The molecule has 2 atom stereocenters. The Morgan fingerprint density at radius 1 is 0.966 bits per heavy atom. The zero-order valence-corrected chi connectivity index (χ0v) is 16.2. The van der Waals surface area contributed by atoms with Crippen LogP contribution in [0.4, 0.5) is 4.39 Å². The molecule has 150 valence electrons. The van der Waals surface area contributed by atoms with Gasteiger partial charge in [-0.2, -0.15) is 0 Å². The summed E-state index contributed by atoms with van der Waals surface area (Å²) >= 11 is 0. The van der Waals surface area contributed by atoms with Gasteiger partial charge in [-0.1, -0.05) is 48.5 Å². The number of halogens is 1. The number of hydrogen-bond acceptors (Lipinski definition) is 4. The summed E-state index contributed by atoms with van der Waals surface area (Å²) in [5, 5.41) is 4.63. The highest BCUT2D eigenvalue weighted by Gasteiger charge is 2.20. The highest BCUT2D eigenvalue weighted by atomic mass is 19.1. The summed E-state index contributed by atoms with van der Waals surface area (Å²) in [6.07, 6.45) is -0.985. The summed E-state index contributed by atoms with van der Waals surface area (Å²) < 4.78 is 23.8. The Morgan fingerprint density at radius 2 is 1.66 bits per heavy atom. The SMILES string of the molecule is C[C@H](OC(=O)COc1cccc2ccccc12)C(=O)N[C@@H](C)c1ccc(F)cc1. The first-order valence-corrected chi connectivity index (χ1v) is 9.30. The van der Waals surface area contributed by atoms with Crippen molar-refractivity contribution in [1.82, 2.24) is 5.32 Å². The molecule has 1 N–H and O–H groups in total. The van der Waals surface area contributed by atoms with Gasteiger partial charge in [-0.15, -0.1) is 0 Å². The monoisotopic (exact) mass is 395 g/mol. The maximum atomic E-state index is 13.0. The fourth-order valence-corrected chi connectivity index (χ4v) is 2.91. The van der Waals surface area contributed by atoms with Gasteiger partial charge in [0.15, 0.2) is 12.7 Å². The third-order valence-electron chi connectivity index (χ3n) is 4.50. The van der Waals surface area contributed by atoms with E-state index in [0.717, 1.165) is 16.3 Å². The van der Waals surface area contributed by atoms with Crippen molar-refractivity contribution in [1.29, 1.82) is 0 Å². The lowest BCUT2D eigenvalue weighted by atomic mass is 10.1. The predicted octanol–water partition coefficient (Wildman–Crippen LogP) is 4.17. The Kier molecular flexibility index (Phi) is 6.44. The molecule has 3 aromatic rings. The summed E-state index contributed by atoms with van der Waals surface area (Å²) in [5.41, 5.74) is 0.748. The number of amides is 1.